The maximum Gasteiger partial charge on any atom is 0.245 e. The first-order valence-corrected chi connectivity index (χ1v) is 36.2. The van der Waals surface area contributed by atoms with E-state index >= 15 is 0 Å². The molecule has 1 fully saturated rings. The fourth-order valence-electron chi connectivity index (χ4n) is 12.0. The van der Waals surface area contributed by atoms with Crippen molar-refractivity contribution >= 4 is 93.3 Å². The summed E-state index contributed by atoms with van der Waals surface area (Å²) in [5.41, 5.74) is 13.5. The molecule has 4 aromatic carbocycles. The number of guanidine groups is 1. The van der Waals surface area contributed by atoms with Gasteiger partial charge in [-0.2, -0.15) is 0 Å². The number of aromatic hydroxyl groups is 1. The van der Waals surface area contributed by atoms with Crippen LogP contribution in [0.1, 0.15) is 122 Å². The Morgan fingerprint density at radius 2 is 1.07 bits per heavy atom. The number of amides is 11. The van der Waals surface area contributed by atoms with E-state index in [1.807, 2.05) is 70.2 Å². The number of aliphatic imine (C=N–C) groups is 1. The van der Waals surface area contributed by atoms with E-state index in [1.165, 1.54) is 55.4 Å². The molecule has 0 bridgehead atoms. The van der Waals surface area contributed by atoms with E-state index < -0.39 is 132 Å². The van der Waals surface area contributed by atoms with Gasteiger partial charge in [0.05, 0.1) is 6.61 Å². The Morgan fingerprint density at radius 3 is 1.63 bits per heavy atom. The molecule has 0 radical (unpaired) electrons. The van der Waals surface area contributed by atoms with Crippen molar-refractivity contribution in [3.63, 3.8) is 0 Å². The number of rotatable bonds is 41. The van der Waals surface area contributed by atoms with Crippen LogP contribution in [0, 0.1) is 5.92 Å². The maximum atomic E-state index is 14.9. The summed E-state index contributed by atoms with van der Waals surface area (Å²) in [6.07, 6.45) is 4.86. The molecule has 6 rings (SSSR count). The number of carbonyl (C=O) groups is 11. The lowest BCUT2D eigenvalue weighted by atomic mass is 9.99. The summed E-state index contributed by atoms with van der Waals surface area (Å²) in [7, 11) is 0. The highest BCUT2D eigenvalue weighted by Crippen LogP contribution is 2.23. The van der Waals surface area contributed by atoms with E-state index in [4.69, 9.17) is 23.1 Å². The number of pyridine rings is 1. The highest BCUT2D eigenvalue weighted by Gasteiger charge is 2.40. The van der Waals surface area contributed by atoms with Gasteiger partial charge < -0.3 is 85.1 Å². The van der Waals surface area contributed by atoms with E-state index in [2.05, 4.69) is 68.5 Å². The Morgan fingerprint density at radius 1 is 0.571 bits per heavy atom. The first-order chi connectivity index (χ1) is 50.3. The molecule has 1 aromatic heterocycles. The molecule has 5 aromatic rings. The number of phenols is 1. The molecule has 11 amide bonds. The number of halogens is 1. The summed E-state index contributed by atoms with van der Waals surface area (Å²) in [5, 5.41) is 54.1. The van der Waals surface area contributed by atoms with E-state index in [0.29, 0.717) is 85.0 Å². The minimum Gasteiger partial charge on any atom is -0.508 e. The van der Waals surface area contributed by atoms with Crippen LogP contribution in [0.15, 0.2) is 121 Å². The molecule has 105 heavy (non-hydrogen) atoms. The van der Waals surface area contributed by atoms with Gasteiger partial charge in [0.1, 0.15) is 66.2 Å². The Hall–Kier alpha value is -10.3. The van der Waals surface area contributed by atoms with E-state index in [0.717, 1.165) is 10.8 Å². The molecule has 17 N–H and O–H groups in total. The van der Waals surface area contributed by atoms with E-state index in [-0.39, 0.29) is 76.1 Å². The van der Waals surface area contributed by atoms with Gasteiger partial charge in [-0.05, 0) is 154 Å². The van der Waals surface area contributed by atoms with Crippen LogP contribution in [0.5, 0.6) is 5.75 Å². The Kier molecular flexibility index (Phi) is 34.4. The van der Waals surface area contributed by atoms with Crippen LogP contribution in [0.2, 0.25) is 5.02 Å². The highest BCUT2D eigenvalue weighted by atomic mass is 35.5. The Labute approximate surface area is 617 Å². The molecular weight excluding hydrogens is 1370 g/mol. The molecule has 2 heterocycles. The van der Waals surface area contributed by atoms with Crippen molar-refractivity contribution in [3.8, 4) is 5.75 Å². The molecule has 1 saturated heterocycles. The third-order valence-corrected chi connectivity index (χ3v) is 17.8. The first kappa shape index (κ1) is 83.7. The number of carbonyl (C=O) groups excluding carboxylic acids is 11. The molecule has 568 valence electrons. The highest BCUT2D eigenvalue weighted by molar-refractivity contribution is 6.30. The lowest BCUT2D eigenvalue weighted by Gasteiger charge is -2.31. The second-order valence-electron chi connectivity index (χ2n) is 26.5. The zero-order chi connectivity index (χ0) is 76.5. The summed E-state index contributed by atoms with van der Waals surface area (Å²) in [4.78, 5) is 166. The van der Waals surface area contributed by atoms with Gasteiger partial charge in [-0.3, -0.25) is 62.7 Å². The lowest BCUT2D eigenvalue weighted by Crippen LogP contribution is -2.61. The second kappa shape index (κ2) is 43.1. The largest absolute Gasteiger partial charge is 0.508 e. The minimum absolute atomic E-state index is 0.0187. The first-order valence-electron chi connectivity index (χ1n) is 35.8. The average molecular weight is 1470 g/mol. The van der Waals surface area contributed by atoms with Crippen molar-refractivity contribution < 1.29 is 63.0 Å². The number of likely N-dealkylation sites (tertiary alicyclic amines) is 1. The van der Waals surface area contributed by atoms with Gasteiger partial charge in [-0.25, -0.2) is 0 Å². The molecular formula is C75H103ClN16O13. The number of nitrogens with one attached hydrogen (secondary N) is 11. The summed E-state index contributed by atoms with van der Waals surface area (Å²) in [6.45, 7) is 11.2. The van der Waals surface area contributed by atoms with Crippen molar-refractivity contribution in [1.29, 1.82) is 0 Å². The Balaban J connectivity index is 1.24. The van der Waals surface area contributed by atoms with Crippen molar-refractivity contribution in [2.24, 2.45) is 22.4 Å². The molecule has 0 saturated carbocycles. The molecule has 0 spiro atoms. The number of hydrogen-bond acceptors (Lipinski definition) is 16. The van der Waals surface area contributed by atoms with Crippen LogP contribution in [0.4, 0.5) is 0 Å². The number of fused-ring (bicyclic) bond motifs is 1. The van der Waals surface area contributed by atoms with Gasteiger partial charge in [-0.1, -0.05) is 98.2 Å². The number of nitrogens with zero attached hydrogens (tertiary/aromatic N) is 3. The standard InChI is InChI=1S/C75H103ClN16O13/c1-7-80-75(81-8-2)82-35-14-12-21-57(74(105)92-36-16-22-64(92)73(104)83-46(5)65(78)96)86-67(98)58(37-45(3)4)87-66(97)56(20-11-13-33-77)85-69(100)60(40-49-26-31-55(95)32-27-49)90-72(103)63(44-93)91-71(102)62(42-51-17-15-34-79-43-51)89-70(101)61(39-48-24-29-54(76)30-25-48)88-68(99)59(84-47(6)94)41-50-23-28-52-18-9-10-19-53(52)38-50/h9-10,15,17-19,23-32,34,38,43,45-46,56-64,93,95H,7-8,11-14,16,20-22,33,35-37,39-42,44,77H2,1-6H3,(H2,78,96)(H,83,104)(H,84,94)(H,85,100)(H,86,98)(H,87,97)(H,88,99)(H,89,101)(H,90,103)(H,91,102)(H2,80,81,82)/t46-,56-,57-,58+,59-,60+,61-,62-,63+,64+/m1/s1. The summed E-state index contributed by atoms with van der Waals surface area (Å²) < 4.78 is 0. The molecule has 1 aliphatic heterocycles. The quantitative estimate of drug-likeness (QED) is 0.0150. The molecule has 0 unspecified atom stereocenters. The van der Waals surface area contributed by atoms with Crippen LogP contribution in [0.25, 0.3) is 10.8 Å². The van der Waals surface area contributed by atoms with E-state index in [9.17, 15) is 63.0 Å². The fourth-order valence-corrected chi connectivity index (χ4v) is 12.2. The molecule has 0 aliphatic carbocycles. The zero-order valence-electron chi connectivity index (χ0n) is 60.5. The van der Waals surface area contributed by atoms with Gasteiger partial charge in [0.15, 0.2) is 5.96 Å². The van der Waals surface area contributed by atoms with E-state index in [1.54, 1.807) is 36.4 Å². The Bertz CT molecular complexity index is 3750. The smallest absolute Gasteiger partial charge is 0.245 e. The fraction of sp³-hybridized carbons (Fsp3) is 0.480. The monoisotopic (exact) mass is 1470 g/mol. The van der Waals surface area contributed by atoms with Crippen LogP contribution in [-0.4, -0.2) is 191 Å². The van der Waals surface area contributed by atoms with Crippen molar-refractivity contribution in [3.05, 3.63) is 143 Å². The number of unbranched alkanes of at least 4 members (excludes halogenated alkanes) is 2. The third-order valence-electron chi connectivity index (χ3n) is 17.6. The number of benzene rings is 4. The normalized spacial score (nSPS) is 15.1. The number of aliphatic hydroxyl groups excluding tert-OH is 1. The number of hydrogen-bond donors (Lipinski definition) is 15. The molecule has 10 atom stereocenters. The predicted octanol–water partition coefficient (Wildman–Crippen LogP) is 1.66. The molecule has 29 nitrogen and oxygen atoms in total. The minimum atomic E-state index is -1.81. The number of nitrogens with two attached hydrogens (primary N) is 2. The SMILES string of the molecule is CCNC(=NCCCC[C@@H](NC(=O)[C@H](CC(C)C)NC(=O)[C@@H](CCCCN)NC(=O)[C@H](Cc1ccc(O)cc1)NC(=O)[C@H](CO)NC(=O)[C@@H](Cc1cccnc1)NC(=O)[C@@H](Cc1ccc(Cl)cc1)NC(=O)[C@@H](Cc1ccc2ccccc2c1)NC(C)=O)C(=O)N1CCC[C@H]1C(=O)N[C@H](C)C(N)=O)NCC. The summed E-state index contributed by atoms with van der Waals surface area (Å²) in [6, 6.07) is 15.4. The van der Waals surface area contributed by atoms with Gasteiger partial charge in [0.2, 0.25) is 65.0 Å². The van der Waals surface area contributed by atoms with Gasteiger partial charge >= 0.3 is 0 Å². The van der Waals surface area contributed by atoms with Crippen LogP contribution in [-0.2, 0) is 78.4 Å². The van der Waals surface area contributed by atoms with Crippen LogP contribution in [0.3, 0.4) is 0 Å². The summed E-state index contributed by atoms with van der Waals surface area (Å²) >= 11 is 6.24. The van der Waals surface area contributed by atoms with Gasteiger partial charge in [0, 0.05) is 76.2 Å². The topological polar surface area (TPSA) is 441 Å². The molecule has 30 heteroatoms. The number of phenolic OH excluding ortho intramolecular Hbond substituents is 1. The van der Waals surface area contributed by atoms with Crippen molar-refractivity contribution in [1.82, 2.24) is 68.4 Å². The molecule has 1 aliphatic rings. The number of aliphatic hydroxyl groups is 1. The lowest BCUT2D eigenvalue weighted by molar-refractivity contribution is -0.142. The maximum absolute atomic E-state index is 14.9. The average Bonchev–Trinajstić information content (AvgIpc) is 1.82. The number of primary amides is 1. The second-order valence-corrected chi connectivity index (χ2v) is 27.0. The van der Waals surface area contributed by atoms with Crippen LogP contribution < -0.4 is 70.0 Å². The third kappa shape index (κ3) is 27.7. The predicted molar refractivity (Wildman–Crippen MR) is 398 cm³/mol. The zero-order valence-corrected chi connectivity index (χ0v) is 61.3. The van der Waals surface area contributed by atoms with Gasteiger partial charge in [0.25, 0.3) is 0 Å². The van der Waals surface area contributed by atoms with Crippen LogP contribution >= 0.6 is 11.6 Å². The van der Waals surface area contributed by atoms with Crippen molar-refractivity contribution in [2.45, 2.75) is 185 Å². The van der Waals surface area contributed by atoms with Gasteiger partial charge in [-0.15, -0.1) is 0 Å². The number of aromatic nitrogens is 1. The summed E-state index contributed by atoms with van der Waals surface area (Å²) in [5.74, 6) is -8.24. The van der Waals surface area contributed by atoms with Crippen molar-refractivity contribution in [2.75, 3.05) is 39.3 Å².